The molecular weight excluding hydrogens is 524 g/mol. The van der Waals surface area contributed by atoms with Gasteiger partial charge in [0, 0.05) is 11.1 Å². The number of benzene rings is 2. The maximum Gasteiger partial charge on any atom is 0.252 e. The number of carbonyl (C=O) groups is 2. The average molecular weight is 561 g/mol. The van der Waals surface area contributed by atoms with Crippen LogP contribution in [-0.4, -0.2) is 75.1 Å². The van der Waals surface area contributed by atoms with Gasteiger partial charge in [-0.25, -0.2) is 0 Å². The van der Waals surface area contributed by atoms with Crippen LogP contribution in [0.5, 0.6) is 34.5 Å². The van der Waals surface area contributed by atoms with Crippen LogP contribution in [0.1, 0.15) is 48.4 Å². The minimum Gasteiger partial charge on any atom is -0.492 e. The molecule has 0 unspecified atom stereocenters. The van der Waals surface area contributed by atoms with E-state index in [4.69, 9.17) is 28.4 Å². The van der Waals surface area contributed by atoms with Gasteiger partial charge in [-0.05, 0) is 24.0 Å². The lowest BCUT2D eigenvalue weighted by Gasteiger charge is -2.25. The minimum atomic E-state index is -0.547. The van der Waals surface area contributed by atoms with E-state index < -0.39 is 23.9 Å². The number of hydrogen-bond donors (Lipinski definition) is 4. The highest BCUT2D eigenvalue weighted by molar-refractivity contribution is 6.11. The van der Waals surface area contributed by atoms with E-state index in [0.29, 0.717) is 0 Å². The van der Waals surface area contributed by atoms with Crippen molar-refractivity contribution in [3.05, 3.63) is 23.3 Å². The smallest absolute Gasteiger partial charge is 0.252 e. The van der Waals surface area contributed by atoms with Crippen molar-refractivity contribution >= 4 is 11.8 Å². The van der Waals surface area contributed by atoms with Crippen molar-refractivity contribution in [1.82, 2.24) is 10.6 Å². The van der Waals surface area contributed by atoms with Crippen molar-refractivity contribution in [3.63, 3.8) is 0 Å². The van der Waals surface area contributed by atoms with E-state index in [2.05, 4.69) is 10.6 Å². The highest BCUT2D eigenvalue weighted by Gasteiger charge is 2.37. The van der Waals surface area contributed by atoms with Gasteiger partial charge in [0.15, 0.2) is 23.0 Å². The molecule has 0 spiro atoms. The number of aliphatic hydroxyl groups is 2. The Morgan fingerprint density at radius 3 is 1.43 bits per heavy atom. The van der Waals surface area contributed by atoms with Crippen molar-refractivity contribution in [2.24, 2.45) is 11.8 Å². The Bertz CT molecular complexity index is 1180. The molecule has 2 atom stereocenters. The monoisotopic (exact) mass is 560 g/mol. The molecule has 0 bridgehead atoms. The van der Waals surface area contributed by atoms with Gasteiger partial charge in [-0.15, -0.1) is 0 Å². The molecule has 0 aliphatic carbocycles. The van der Waals surface area contributed by atoms with Crippen LogP contribution in [0.25, 0.3) is 11.1 Å². The predicted molar refractivity (Wildman–Crippen MR) is 144 cm³/mol. The van der Waals surface area contributed by atoms with Crippen molar-refractivity contribution in [1.29, 1.82) is 0 Å². The molecule has 2 amide bonds. The third-order valence-corrected chi connectivity index (χ3v) is 7.02. The van der Waals surface area contributed by atoms with Crippen LogP contribution in [0.15, 0.2) is 12.1 Å². The number of hydrogen-bond acceptors (Lipinski definition) is 10. The molecule has 0 radical (unpaired) electrons. The van der Waals surface area contributed by atoms with Crippen LogP contribution in [0.2, 0.25) is 0 Å². The fraction of sp³-hybridized carbons (Fsp3) is 0.500. The van der Waals surface area contributed by atoms with Crippen LogP contribution in [0, 0.1) is 11.8 Å². The molecule has 218 valence electrons. The fourth-order valence-corrected chi connectivity index (χ4v) is 4.61. The molecule has 12 heteroatoms. The molecule has 0 aromatic heterocycles. The third-order valence-electron chi connectivity index (χ3n) is 7.02. The lowest BCUT2D eigenvalue weighted by molar-refractivity contribution is 0.0888. The van der Waals surface area contributed by atoms with Gasteiger partial charge in [0.05, 0.1) is 50.6 Å². The molecular formula is C28H36N2O10. The number of fused-ring (bicyclic) bond motifs is 2. The first-order chi connectivity index (χ1) is 19.2. The molecule has 40 heavy (non-hydrogen) atoms. The molecule has 0 fully saturated rings. The first-order valence-corrected chi connectivity index (χ1v) is 13.0. The van der Waals surface area contributed by atoms with E-state index >= 15 is 0 Å². The van der Waals surface area contributed by atoms with Gasteiger partial charge in [-0.3, -0.25) is 9.59 Å². The van der Waals surface area contributed by atoms with Crippen LogP contribution in [-0.2, 0) is 0 Å². The van der Waals surface area contributed by atoms with E-state index in [1.807, 2.05) is 27.7 Å². The Morgan fingerprint density at radius 2 is 1.12 bits per heavy atom. The van der Waals surface area contributed by atoms with E-state index in [-0.39, 0.29) is 95.4 Å². The second-order valence-electron chi connectivity index (χ2n) is 10.1. The zero-order valence-electron chi connectivity index (χ0n) is 23.5. The second-order valence-corrected chi connectivity index (χ2v) is 10.1. The Morgan fingerprint density at radius 1 is 0.750 bits per heavy atom. The van der Waals surface area contributed by atoms with Gasteiger partial charge in [-0.1, -0.05) is 27.7 Å². The van der Waals surface area contributed by atoms with Crippen molar-refractivity contribution in [2.45, 2.75) is 39.8 Å². The summed E-state index contributed by atoms with van der Waals surface area (Å²) in [5.41, 5.74) is 0.563. The Hall–Kier alpha value is -3.90. The van der Waals surface area contributed by atoms with Gasteiger partial charge in [-0.2, -0.15) is 0 Å². The predicted octanol–water partition coefficient (Wildman–Crippen LogP) is 2.32. The summed E-state index contributed by atoms with van der Waals surface area (Å²) in [5.74, 6) is 0.113. The number of amides is 2. The van der Waals surface area contributed by atoms with Gasteiger partial charge in [0.25, 0.3) is 11.8 Å². The standard InChI is InChI=1S/C28H36N2O10/c1-13(2)17(9-31)29-27(33)15-7-19-23(39-11-37-19)25(35-5)21(15)22-16(28(34)30-18(10-32)14(3)4)8-20-24(26(22)36-6)40-12-38-20/h7-8,13-14,17-18,31-32H,9-12H2,1-6H3,(H,29,33)(H,30,34)/t17-,18-/m1/s1. The first kappa shape index (κ1) is 29.1. The molecule has 0 saturated carbocycles. The number of rotatable bonds is 11. The normalized spacial score (nSPS) is 14.8. The number of nitrogens with one attached hydrogen (secondary N) is 2. The van der Waals surface area contributed by atoms with Crippen molar-refractivity contribution in [2.75, 3.05) is 41.0 Å². The highest BCUT2D eigenvalue weighted by atomic mass is 16.7. The Balaban J connectivity index is 2.02. The summed E-state index contributed by atoms with van der Waals surface area (Å²) in [7, 11) is 2.82. The molecule has 2 aliphatic rings. The third kappa shape index (κ3) is 5.28. The number of aliphatic hydroxyl groups excluding tert-OH is 2. The van der Waals surface area contributed by atoms with Gasteiger partial charge >= 0.3 is 0 Å². The van der Waals surface area contributed by atoms with E-state index in [1.54, 1.807) is 0 Å². The van der Waals surface area contributed by atoms with E-state index in [0.717, 1.165) is 0 Å². The maximum atomic E-state index is 13.8. The average Bonchev–Trinajstić information content (AvgIpc) is 3.61. The van der Waals surface area contributed by atoms with Crippen LogP contribution in [0.3, 0.4) is 0 Å². The largest absolute Gasteiger partial charge is 0.492 e. The van der Waals surface area contributed by atoms with Gasteiger partial charge < -0.3 is 49.3 Å². The molecule has 4 N–H and O–H groups in total. The zero-order chi connectivity index (χ0) is 29.1. The van der Waals surface area contributed by atoms with E-state index in [1.165, 1.54) is 26.4 Å². The Labute approximate surface area is 232 Å². The lowest BCUT2D eigenvalue weighted by Crippen LogP contribution is -2.41. The zero-order valence-corrected chi connectivity index (χ0v) is 23.5. The maximum absolute atomic E-state index is 13.8. The van der Waals surface area contributed by atoms with Crippen molar-refractivity contribution in [3.8, 4) is 45.6 Å². The molecule has 2 aliphatic heterocycles. The summed E-state index contributed by atoms with van der Waals surface area (Å²) in [5, 5.41) is 25.5. The SMILES string of the molecule is COc1c2c(cc(C(=O)N[C@H](CO)C(C)C)c1-c1c(C(=O)N[C@H](CO)C(C)C)cc3c(c1OC)OCO3)OCO2. The van der Waals surface area contributed by atoms with Crippen LogP contribution in [0.4, 0.5) is 0 Å². The number of ether oxygens (including phenoxy) is 6. The van der Waals surface area contributed by atoms with Crippen molar-refractivity contribution < 1.29 is 48.2 Å². The minimum absolute atomic E-state index is 0.0684. The fourth-order valence-electron chi connectivity index (χ4n) is 4.61. The molecule has 0 saturated heterocycles. The van der Waals surface area contributed by atoms with Crippen LogP contribution >= 0.6 is 0 Å². The Kier molecular flexibility index (Phi) is 8.79. The van der Waals surface area contributed by atoms with Gasteiger partial charge in [0.2, 0.25) is 25.1 Å². The summed E-state index contributed by atoms with van der Waals surface area (Å²) in [6.45, 7) is 6.74. The summed E-state index contributed by atoms with van der Waals surface area (Å²) < 4.78 is 34.1. The number of carbonyl (C=O) groups excluding carboxylic acids is 2. The topological polar surface area (TPSA) is 154 Å². The second kappa shape index (κ2) is 12.1. The summed E-state index contributed by atoms with van der Waals surface area (Å²) >= 11 is 0. The summed E-state index contributed by atoms with van der Waals surface area (Å²) in [6.07, 6.45) is 0. The quantitative estimate of drug-likeness (QED) is 0.322. The molecule has 2 aromatic carbocycles. The van der Waals surface area contributed by atoms with Crippen LogP contribution < -0.4 is 39.1 Å². The highest BCUT2D eigenvalue weighted by Crippen LogP contribution is 2.56. The summed E-state index contributed by atoms with van der Waals surface area (Å²) in [6, 6.07) is 1.91. The molecule has 2 heterocycles. The molecule has 2 aromatic rings. The lowest BCUT2D eigenvalue weighted by atomic mass is 9.90. The number of methoxy groups -OCH3 is 2. The first-order valence-electron chi connectivity index (χ1n) is 13.0. The molecule has 12 nitrogen and oxygen atoms in total. The molecule has 4 rings (SSSR count). The van der Waals surface area contributed by atoms with E-state index in [9.17, 15) is 19.8 Å². The summed E-state index contributed by atoms with van der Waals surface area (Å²) in [4.78, 5) is 27.6. The van der Waals surface area contributed by atoms with Gasteiger partial charge in [0.1, 0.15) is 0 Å².